The number of nitrogens with one attached hydrogen (secondary N) is 1. The average molecular weight is 358 g/mol. The molecule has 2 aliphatic rings. The summed E-state index contributed by atoms with van der Waals surface area (Å²) in [6, 6.07) is 5.27. The summed E-state index contributed by atoms with van der Waals surface area (Å²) in [5.41, 5.74) is 0.694. The van der Waals surface area contributed by atoms with Crippen LogP contribution in [0.25, 0.3) is 0 Å². The van der Waals surface area contributed by atoms with Gasteiger partial charge in [0.15, 0.2) is 11.5 Å². The largest absolute Gasteiger partial charge is 0.454 e. The molecule has 2 aliphatic heterocycles. The molecule has 1 aromatic heterocycles. The molecular weight excluding hydrogens is 336 g/mol. The minimum atomic E-state index is -0.115. The van der Waals surface area contributed by atoms with E-state index in [1.165, 1.54) is 0 Å². The van der Waals surface area contributed by atoms with Crippen LogP contribution < -0.4 is 14.8 Å². The smallest absolute Gasteiger partial charge is 0.321 e. The van der Waals surface area contributed by atoms with E-state index < -0.39 is 0 Å². The van der Waals surface area contributed by atoms with Gasteiger partial charge < -0.3 is 24.1 Å². The first-order valence-corrected chi connectivity index (χ1v) is 8.89. The van der Waals surface area contributed by atoms with E-state index in [0.717, 1.165) is 12.8 Å². The summed E-state index contributed by atoms with van der Waals surface area (Å²) in [6.45, 7) is 5.58. The number of carbonyl (C=O) groups excluding carboxylic acids is 1. The summed E-state index contributed by atoms with van der Waals surface area (Å²) in [5.74, 6) is 3.14. The van der Waals surface area contributed by atoms with Gasteiger partial charge in [0, 0.05) is 36.7 Å². The number of anilines is 1. The van der Waals surface area contributed by atoms with Gasteiger partial charge >= 0.3 is 6.03 Å². The monoisotopic (exact) mass is 358 g/mol. The second-order valence-electron chi connectivity index (χ2n) is 6.89. The Hall–Kier alpha value is -2.77. The highest BCUT2D eigenvalue weighted by molar-refractivity contribution is 5.89. The van der Waals surface area contributed by atoms with Crippen LogP contribution in [0.3, 0.4) is 0 Å². The van der Waals surface area contributed by atoms with Crippen LogP contribution in [0, 0.1) is 0 Å². The molecule has 0 radical (unpaired) electrons. The van der Waals surface area contributed by atoms with E-state index in [1.807, 2.05) is 19.9 Å². The number of piperidine rings is 1. The Morgan fingerprint density at radius 3 is 2.69 bits per heavy atom. The molecule has 2 aromatic rings. The number of carbonyl (C=O) groups is 1. The maximum absolute atomic E-state index is 12.5. The summed E-state index contributed by atoms with van der Waals surface area (Å²) in [4.78, 5) is 14.3. The lowest BCUT2D eigenvalue weighted by Crippen LogP contribution is -2.40. The van der Waals surface area contributed by atoms with Gasteiger partial charge in [0.25, 0.3) is 0 Å². The number of rotatable bonds is 3. The molecule has 2 amide bonds. The van der Waals surface area contributed by atoms with Gasteiger partial charge in [-0.1, -0.05) is 13.8 Å². The molecule has 1 saturated heterocycles. The Labute approximate surface area is 151 Å². The number of likely N-dealkylation sites (tertiary alicyclic amines) is 1. The highest BCUT2D eigenvalue weighted by Gasteiger charge is 2.28. The van der Waals surface area contributed by atoms with Crippen molar-refractivity contribution >= 4 is 11.7 Å². The summed E-state index contributed by atoms with van der Waals surface area (Å²) in [6.07, 6.45) is 1.63. The molecule has 8 heteroatoms. The summed E-state index contributed by atoms with van der Waals surface area (Å²) >= 11 is 0. The van der Waals surface area contributed by atoms with Crippen LogP contribution in [-0.2, 0) is 0 Å². The molecule has 1 N–H and O–H groups in total. The fourth-order valence-electron chi connectivity index (χ4n) is 3.15. The predicted octanol–water partition coefficient (Wildman–Crippen LogP) is 3.33. The number of amides is 2. The third-order valence-corrected chi connectivity index (χ3v) is 4.71. The number of hydrogen-bond donors (Lipinski definition) is 1. The molecule has 0 aliphatic carbocycles. The van der Waals surface area contributed by atoms with Crippen LogP contribution in [0.4, 0.5) is 10.5 Å². The van der Waals surface area contributed by atoms with Crippen molar-refractivity contribution in [2.24, 2.45) is 0 Å². The van der Waals surface area contributed by atoms with Crippen molar-refractivity contribution in [3.05, 3.63) is 30.0 Å². The van der Waals surface area contributed by atoms with Gasteiger partial charge in [0.1, 0.15) is 0 Å². The second kappa shape index (κ2) is 6.86. The molecule has 0 unspecified atom stereocenters. The van der Waals surface area contributed by atoms with Gasteiger partial charge in [0.05, 0.1) is 0 Å². The predicted molar refractivity (Wildman–Crippen MR) is 93.5 cm³/mol. The van der Waals surface area contributed by atoms with Gasteiger partial charge in [-0.25, -0.2) is 4.79 Å². The third kappa shape index (κ3) is 3.31. The van der Waals surface area contributed by atoms with E-state index in [2.05, 4.69) is 15.5 Å². The van der Waals surface area contributed by atoms with E-state index in [1.54, 1.807) is 17.0 Å². The second-order valence-corrected chi connectivity index (χ2v) is 6.89. The van der Waals surface area contributed by atoms with Crippen LogP contribution in [0.1, 0.15) is 50.3 Å². The van der Waals surface area contributed by atoms with Crippen LogP contribution in [-0.4, -0.2) is 41.0 Å². The SMILES string of the molecule is CC(C)c1nnc(C2CCN(C(=O)Nc3ccc4c(c3)OCO4)CC2)o1. The molecule has 0 atom stereocenters. The van der Waals surface area contributed by atoms with Crippen molar-refractivity contribution in [2.75, 3.05) is 25.2 Å². The lowest BCUT2D eigenvalue weighted by atomic mass is 9.97. The summed E-state index contributed by atoms with van der Waals surface area (Å²) in [5, 5.41) is 11.2. The molecule has 0 saturated carbocycles. The molecule has 4 rings (SSSR count). The Balaban J connectivity index is 1.33. The standard InChI is InChI=1S/C18H22N4O4/c1-11(2)16-20-21-17(26-16)12-5-7-22(8-6-12)18(23)19-13-3-4-14-15(9-13)25-10-24-14/h3-4,9,11-12H,5-8,10H2,1-2H3,(H,19,23). The van der Waals surface area contributed by atoms with Crippen molar-refractivity contribution < 1.29 is 18.7 Å². The van der Waals surface area contributed by atoms with Gasteiger partial charge in [-0.3, -0.25) is 0 Å². The quantitative estimate of drug-likeness (QED) is 0.905. The normalized spacial score (nSPS) is 17.0. The van der Waals surface area contributed by atoms with Crippen molar-refractivity contribution in [2.45, 2.75) is 38.5 Å². The van der Waals surface area contributed by atoms with Crippen molar-refractivity contribution in [1.29, 1.82) is 0 Å². The zero-order valence-corrected chi connectivity index (χ0v) is 14.9. The van der Waals surface area contributed by atoms with Crippen LogP contribution in [0.2, 0.25) is 0 Å². The number of fused-ring (bicyclic) bond motifs is 1. The Bertz CT molecular complexity index is 796. The fourth-order valence-corrected chi connectivity index (χ4v) is 3.15. The molecule has 0 spiro atoms. The lowest BCUT2D eigenvalue weighted by molar-refractivity contribution is 0.174. The Kier molecular flexibility index (Phi) is 4.40. The van der Waals surface area contributed by atoms with Crippen molar-refractivity contribution in [3.63, 3.8) is 0 Å². The van der Waals surface area contributed by atoms with E-state index in [9.17, 15) is 4.79 Å². The van der Waals surface area contributed by atoms with Gasteiger partial charge in [-0.2, -0.15) is 0 Å². The zero-order valence-electron chi connectivity index (χ0n) is 14.9. The van der Waals surface area contributed by atoms with Crippen LogP contribution in [0.5, 0.6) is 11.5 Å². The molecule has 8 nitrogen and oxygen atoms in total. The molecule has 26 heavy (non-hydrogen) atoms. The van der Waals surface area contributed by atoms with Crippen LogP contribution >= 0.6 is 0 Å². The van der Waals surface area contributed by atoms with Crippen LogP contribution in [0.15, 0.2) is 22.6 Å². The number of urea groups is 1. The van der Waals surface area contributed by atoms with Gasteiger partial charge in [-0.05, 0) is 25.0 Å². The summed E-state index contributed by atoms with van der Waals surface area (Å²) in [7, 11) is 0. The highest BCUT2D eigenvalue weighted by Crippen LogP contribution is 2.34. The Morgan fingerprint density at radius 1 is 1.19 bits per heavy atom. The summed E-state index contributed by atoms with van der Waals surface area (Å²) < 4.78 is 16.4. The first-order chi connectivity index (χ1) is 12.6. The lowest BCUT2D eigenvalue weighted by Gasteiger charge is -2.30. The van der Waals surface area contributed by atoms with Gasteiger partial charge in [0.2, 0.25) is 18.6 Å². The average Bonchev–Trinajstić information content (AvgIpc) is 3.31. The number of benzene rings is 1. The fraction of sp³-hybridized carbons (Fsp3) is 0.500. The number of ether oxygens (including phenoxy) is 2. The topological polar surface area (TPSA) is 89.7 Å². The minimum Gasteiger partial charge on any atom is -0.454 e. The first-order valence-electron chi connectivity index (χ1n) is 8.89. The van der Waals surface area contributed by atoms with Gasteiger partial charge in [-0.15, -0.1) is 10.2 Å². The molecule has 138 valence electrons. The third-order valence-electron chi connectivity index (χ3n) is 4.71. The van der Waals surface area contributed by atoms with Crippen molar-refractivity contribution in [3.8, 4) is 11.5 Å². The molecule has 1 aromatic carbocycles. The van der Waals surface area contributed by atoms with Crippen molar-refractivity contribution in [1.82, 2.24) is 15.1 Å². The number of nitrogens with zero attached hydrogens (tertiary/aromatic N) is 3. The number of aromatic nitrogens is 2. The number of hydrogen-bond acceptors (Lipinski definition) is 6. The minimum absolute atomic E-state index is 0.115. The molecular formula is C18H22N4O4. The highest BCUT2D eigenvalue weighted by atomic mass is 16.7. The Morgan fingerprint density at radius 2 is 1.96 bits per heavy atom. The molecule has 0 bridgehead atoms. The van der Waals surface area contributed by atoms with E-state index in [-0.39, 0.29) is 24.7 Å². The van der Waals surface area contributed by atoms with E-state index in [0.29, 0.717) is 42.1 Å². The van der Waals surface area contributed by atoms with E-state index in [4.69, 9.17) is 13.9 Å². The molecule has 1 fully saturated rings. The molecule has 3 heterocycles. The van der Waals surface area contributed by atoms with E-state index >= 15 is 0 Å². The first kappa shape index (κ1) is 16.7. The maximum atomic E-state index is 12.5. The zero-order chi connectivity index (χ0) is 18.1. The maximum Gasteiger partial charge on any atom is 0.321 e.